The molecule has 0 unspecified atom stereocenters. The van der Waals surface area contributed by atoms with Crippen LogP contribution in [0.15, 0.2) is 36.5 Å². The van der Waals surface area contributed by atoms with Gasteiger partial charge in [0.05, 0.1) is 3.82 Å². The Morgan fingerprint density at radius 1 is 1.14 bits per heavy atom. The maximum absolute atomic E-state index is 5.79. The third-order valence-corrected chi connectivity index (χ3v) is 3.20. The molecule has 1 aromatic heterocycles. The minimum Gasteiger partial charge on any atom is -0.245 e. The van der Waals surface area contributed by atoms with E-state index in [0.717, 1.165) is 19.4 Å². The highest BCUT2D eigenvalue weighted by Crippen LogP contribution is 2.23. The zero-order valence-corrected chi connectivity index (χ0v) is 9.49. The normalized spacial score (nSPS) is 10.1. The van der Waals surface area contributed by atoms with Gasteiger partial charge in [-0.25, -0.2) is 4.98 Å². The molecule has 0 atom stereocenters. The van der Waals surface area contributed by atoms with E-state index in [1.807, 2.05) is 30.3 Å². The topological polar surface area (TPSA) is 12.9 Å². The maximum Gasteiger partial charge on any atom is 0.124 e. The van der Waals surface area contributed by atoms with E-state index in [1.54, 1.807) is 6.20 Å². The summed E-state index contributed by atoms with van der Waals surface area (Å²) in [5, 5.41) is 1.66. The fourth-order valence-electron chi connectivity index (χ4n) is 1.05. The van der Waals surface area contributed by atoms with E-state index in [4.69, 9.17) is 23.8 Å². The summed E-state index contributed by atoms with van der Waals surface area (Å²) in [6.45, 7) is 0. The molecule has 0 saturated heterocycles. The van der Waals surface area contributed by atoms with Gasteiger partial charge in [-0.1, -0.05) is 36.0 Å². The van der Waals surface area contributed by atoms with Crippen LogP contribution in [-0.2, 0) is 0 Å². The largest absolute Gasteiger partial charge is 0.245 e. The van der Waals surface area contributed by atoms with Crippen LogP contribution in [-0.4, -0.2) is 4.98 Å². The molecule has 1 aromatic carbocycles. The lowest BCUT2D eigenvalue weighted by Crippen LogP contribution is -1.78. The smallest absolute Gasteiger partial charge is 0.124 e. The minimum absolute atomic E-state index is 0.730. The second kappa shape index (κ2) is 4.17. The van der Waals surface area contributed by atoms with Crippen LogP contribution in [0.1, 0.15) is 0 Å². The summed E-state index contributed by atoms with van der Waals surface area (Å²) in [6.07, 6.45) is 1.72. The van der Waals surface area contributed by atoms with Gasteiger partial charge in [-0.3, -0.25) is 0 Å². The highest BCUT2D eigenvalue weighted by molar-refractivity contribution is 7.73. The molecule has 2 aromatic rings. The Morgan fingerprint density at radius 2 is 1.86 bits per heavy atom. The number of benzene rings is 1. The van der Waals surface area contributed by atoms with E-state index in [9.17, 15) is 0 Å². The quantitative estimate of drug-likeness (QED) is 0.692. The summed E-state index contributed by atoms with van der Waals surface area (Å²) >= 11 is 12.4. The van der Waals surface area contributed by atoms with E-state index in [2.05, 4.69) is 4.98 Å². The van der Waals surface area contributed by atoms with Crippen LogP contribution in [0.5, 0.6) is 0 Å². The molecule has 0 aliphatic carbocycles. The molecule has 70 valence electrons. The molecule has 0 N–H and O–H groups in total. The Morgan fingerprint density at radius 3 is 2.50 bits per heavy atom. The molecule has 0 fully saturated rings. The van der Waals surface area contributed by atoms with Gasteiger partial charge in [-0.05, 0) is 18.2 Å². The van der Waals surface area contributed by atoms with Gasteiger partial charge in [0, 0.05) is 16.8 Å². The van der Waals surface area contributed by atoms with Gasteiger partial charge in [-0.2, -0.15) is 0 Å². The predicted octanol–water partition coefficient (Wildman–Crippen LogP) is 4.19. The molecular formula is C10H6ClNS2. The number of halogens is 1. The summed E-state index contributed by atoms with van der Waals surface area (Å²) in [6, 6.07) is 9.40. The Kier molecular flexibility index (Phi) is 2.91. The minimum atomic E-state index is 0.730. The first-order valence-electron chi connectivity index (χ1n) is 3.98. The molecule has 4 heteroatoms. The second-order valence-electron chi connectivity index (χ2n) is 2.68. The Hall–Kier alpha value is -0.770. The zero-order chi connectivity index (χ0) is 9.97. The molecule has 0 aliphatic rings. The average molecular weight is 240 g/mol. The van der Waals surface area contributed by atoms with Gasteiger partial charge >= 0.3 is 0 Å². The Balaban J connectivity index is 2.50. The molecule has 0 bridgehead atoms. The molecular weight excluding hydrogens is 234 g/mol. The first-order chi connectivity index (χ1) is 6.75. The molecule has 0 aliphatic heterocycles. The first kappa shape index (κ1) is 9.77. The monoisotopic (exact) mass is 239 g/mol. The van der Waals surface area contributed by atoms with E-state index in [1.165, 1.54) is 11.3 Å². The third kappa shape index (κ3) is 2.18. The van der Waals surface area contributed by atoms with Crippen molar-refractivity contribution < 1.29 is 0 Å². The molecule has 1 heterocycles. The molecule has 0 amide bonds. The maximum atomic E-state index is 5.79. The fourth-order valence-corrected chi connectivity index (χ4v) is 2.16. The lowest BCUT2D eigenvalue weighted by molar-refractivity contribution is 1.38. The van der Waals surface area contributed by atoms with E-state index < -0.39 is 0 Å². The van der Waals surface area contributed by atoms with E-state index in [0.29, 0.717) is 0 Å². The van der Waals surface area contributed by atoms with Gasteiger partial charge in [0.2, 0.25) is 0 Å². The van der Waals surface area contributed by atoms with Gasteiger partial charge in [0.25, 0.3) is 0 Å². The van der Waals surface area contributed by atoms with Crippen LogP contribution in [0.3, 0.4) is 0 Å². The highest BCUT2D eigenvalue weighted by atomic mass is 35.5. The molecule has 0 saturated carbocycles. The summed E-state index contributed by atoms with van der Waals surface area (Å²) in [7, 11) is 0. The van der Waals surface area contributed by atoms with E-state index in [-0.39, 0.29) is 0 Å². The lowest BCUT2D eigenvalue weighted by atomic mass is 10.2. The number of nitrogens with zero attached hydrogens (tertiary/aromatic N) is 1. The predicted molar refractivity (Wildman–Crippen MR) is 63.4 cm³/mol. The van der Waals surface area contributed by atoms with Crippen molar-refractivity contribution in [1.29, 1.82) is 0 Å². The fraction of sp³-hybridized carbons (Fsp3) is 0. The van der Waals surface area contributed by atoms with Crippen molar-refractivity contribution in [1.82, 2.24) is 4.98 Å². The summed E-state index contributed by atoms with van der Waals surface area (Å²) < 4.78 is 0.838. The zero-order valence-electron chi connectivity index (χ0n) is 7.11. The highest BCUT2D eigenvalue weighted by Gasteiger charge is 1.98. The summed E-state index contributed by atoms with van der Waals surface area (Å²) in [5.74, 6) is 0. The van der Waals surface area contributed by atoms with Crippen LogP contribution in [0, 0.1) is 3.82 Å². The van der Waals surface area contributed by atoms with Crippen LogP contribution in [0.25, 0.3) is 10.6 Å². The number of aromatic nitrogens is 1. The van der Waals surface area contributed by atoms with Crippen LogP contribution in [0.2, 0.25) is 5.02 Å². The van der Waals surface area contributed by atoms with Crippen LogP contribution < -0.4 is 0 Å². The molecule has 14 heavy (non-hydrogen) atoms. The Bertz CT molecular complexity index is 490. The van der Waals surface area contributed by atoms with Crippen LogP contribution >= 0.6 is 35.2 Å². The summed E-state index contributed by atoms with van der Waals surface area (Å²) in [5.41, 5.74) is 1.05. The molecule has 1 nitrogen and oxygen atoms in total. The van der Waals surface area contributed by atoms with Gasteiger partial charge in [0.15, 0.2) is 0 Å². The number of rotatable bonds is 1. The SMILES string of the molecule is S=c1ccnc(-c2ccc(Cl)cc2)s1. The first-order valence-corrected chi connectivity index (χ1v) is 5.58. The van der Waals surface area contributed by atoms with Crippen molar-refractivity contribution in [2.24, 2.45) is 0 Å². The van der Waals surface area contributed by atoms with Crippen molar-refractivity contribution in [3.63, 3.8) is 0 Å². The van der Waals surface area contributed by atoms with Crippen molar-refractivity contribution >= 4 is 35.2 Å². The van der Waals surface area contributed by atoms with Crippen molar-refractivity contribution in [2.45, 2.75) is 0 Å². The van der Waals surface area contributed by atoms with Crippen molar-refractivity contribution in [3.05, 3.63) is 45.4 Å². The van der Waals surface area contributed by atoms with Gasteiger partial charge < -0.3 is 0 Å². The number of hydrogen-bond donors (Lipinski definition) is 0. The summed E-state index contributed by atoms with van der Waals surface area (Å²) in [4.78, 5) is 4.25. The standard InChI is InChI=1S/C10H6ClNS2/c11-8-3-1-7(2-4-8)10-12-6-5-9(13)14-10/h1-6H. The van der Waals surface area contributed by atoms with Crippen LogP contribution in [0.4, 0.5) is 0 Å². The average Bonchev–Trinajstić information content (AvgIpc) is 2.19. The van der Waals surface area contributed by atoms with Crippen molar-refractivity contribution in [3.8, 4) is 10.6 Å². The van der Waals surface area contributed by atoms with Gasteiger partial charge in [-0.15, -0.1) is 11.3 Å². The molecule has 2 rings (SSSR count). The number of hydrogen-bond acceptors (Lipinski definition) is 3. The Labute approximate surface area is 96.0 Å². The molecule has 0 radical (unpaired) electrons. The third-order valence-electron chi connectivity index (χ3n) is 1.69. The van der Waals surface area contributed by atoms with E-state index >= 15 is 0 Å². The van der Waals surface area contributed by atoms with Crippen molar-refractivity contribution in [2.75, 3.05) is 0 Å². The van der Waals surface area contributed by atoms with Gasteiger partial charge in [0.1, 0.15) is 5.01 Å². The second-order valence-corrected chi connectivity index (χ2v) is 4.84. The lowest BCUT2D eigenvalue weighted by Gasteiger charge is -1.98. The molecule has 0 spiro atoms.